The van der Waals surface area contributed by atoms with E-state index in [0.29, 0.717) is 25.1 Å². The maximum absolute atomic E-state index is 11.8. The number of piperidine rings is 1. The number of rotatable bonds is 7. The molecule has 2 rings (SSSR count). The fourth-order valence-electron chi connectivity index (χ4n) is 3.20. The molecule has 3 atom stereocenters. The van der Waals surface area contributed by atoms with Crippen molar-refractivity contribution in [3.63, 3.8) is 0 Å². The van der Waals surface area contributed by atoms with E-state index in [1.165, 1.54) is 0 Å². The number of alkyl halides is 1. The fraction of sp³-hybridized carbons (Fsp3) is 0.556. The first-order valence-electron chi connectivity index (χ1n) is 8.76. The fourth-order valence-corrected chi connectivity index (χ4v) is 4.32. The van der Waals surface area contributed by atoms with Crippen LogP contribution in [0, 0.1) is 5.92 Å². The Morgan fingerprint density at radius 1 is 1.46 bits per heavy atom. The predicted molar refractivity (Wildman–Crippen MR) is 107 cm³/mol. The number of likely N-dealkylation sites (tertiary alicyclic amines) is 1. The number of hydrogen-bond acceptors (Lipinski definition) is 6. The van der Waals surface area contributed by atoms with Crippen LogP contribution in [0.4, 0.5) is 0 Å². The first-order chi connectivity index (χ1) is 12.5. The summed E-state index contributed by atoms with van der Waals surface area (Å²) in [6.07, 6.45) is 1.77. The Hall–Kier alpha value is -1.39. The number of ether oxygens (including phenoxy) is 1. The normalized spacial score (nSPS) is 22.8. The van der Waals surface area contributed by atoms with Crippen LogP contribution in [0.2, 0.25) is 0 Å². The van der Waals surface area contributed by atoms with Gasteiger partial charge in [0.2, 0.25) is 0 Å². The lowest BCUT2D eigenvalue weighted by Crippen LogP contribution is -2.44. The lowest BCUT2D eigenvalue weighted by Gasteiger charge is -2.38. The molecule has 144 valence electrons. The van der Waals surface area contributed by atoms with E-state index in [1.807, 2.05) is 6.92 Å². The van der Waals surface area contributed by atoms with Gasteiger partial charge in [0.1, 0.15) is 0 Å². The summed E-state index contributed by atoms with van der Waals surface area (Å²) in [7, 11) is 0. The summed E-state index contributed by atoms with van der Waals surface area (Å²) < 4.78 is 5.25. The monoisotopic (exact) mass is 475 g/mol. The van der Waals surface area contributed by atoms with Gasteiger partial charge in [-0.25, -0.2) is 0 Å². The Morgan fingerprint density at radius 2 is 2.15 bits per heavy atom. The molecular weight excluding hydrogens is 449 g/mol. The van der Waals surface area contributed by atoms with Gasteiger partial charge in [-0.1, -0.05) is 52.0 Å². The van der Waals surface area contributed by atoms with Crippen molar-refractivity contribution in [1.82, 2.24) is 4.90 Å². The number of oxime groups is 1. The summed E-state index contributed by atoms with van der Waals surface area (Å²) in [5.41, 5.74) is 6.93. The van der Waals surface area contributed by atoms with E-state index in [-0.39, 0.29) is 21.8 Å². The van der Waals surface area contributed by atoms with Gasteiger partial charge in [-0.05, 0) is 37.8 Å². The van der Waals surface area contributed by atoms with E-state index in [4.69, 9.17) is 15.7 Å². The SMILES string of the molecule is CCOC(=O)CC1CCCN(CC(O)c2ccc(C(N)=NO)cc2)C1I. The minimum absolute atomic E-state index is 0.0382. The number of β-amino-alcohol motifs (C(OH)–C–C–N with tert-alkyl or cyclic N) is 1. The molecule has 1 fully saturated rings. The molecule has 0 amide bonds. The average Bonchev–Trinajstić information content (AvgIpc) is 2.64. The summed E-state index contributed by atoms with van der Waals surface area (Å²) in [4.78, 5) is 14.0. The Labute approximate surface area is 167 Å². The minimum atomic E-state index is -0.644. The molecule has 1 aromatic carbocycles. The van der Waals surface area contributed by atoms with Crippen molar-refractivity contribution in [2.75, 3.05) is 19.7 Å². The molecule has 1 aliphatic heterocycles. The summed E-state index contributed by atoms with van der Waals surface area (Å²) in [5.74, 6) is 0.120. The third-order valence-corrected chi connectivity index (χ3v) is 6.40. The van der Waals surface area contributed by atoms with Crippen LogP contribution in [0.15, 0.2) is 29.4 Å². The van der Waals surface area contributed by atoms with Gasteiger partial charge in [-0.15, -0.1) is 0 Å². The molecule has 1 heterocycles. The van der Waals surface area contributed by atoms with Crippen molar-refractivity contribution >= 4 is 34.4 Å². The predicted octanol–water partition coefficient (Wildman–Crippen LogP) is 2.24. The zero-order chi connectivity index (χ0) is 19.1. The van der Waals surface area contributed by atoms with Crippen LogP contribution in [-0.4, -0.2) is 50.8 Å². The molecular formula is C18H26IN3O4. The quantitative estimate of drug-likeness (QED) is 0.0816. The van der Waals surface area contributed by atoms with Gasteiger partial charge in [-0.2, -0.15) is 0 Å². The zero-order valence-electron chi connectivity index (χ0n) is 14.8. The molecule has 1 aromatic rings. The molecule has 4 N–H and O–H groups in total. The van der Waals surface area contributed by atoms with Gasteiger partial charge in [0.25, 0.3) is 0 Å². The Balaban J connectivity index is 1.96. The lowest BCUT2D eigenvalue weighted by atomic mass is 9.94. The number of nitrogens with two attached hydrogens (primary N) is 1. The van der Waals surface area contributed by atoms with Crippen molar-refractivity contribution in [2.24, 2.45) is 16.8 Å². The van der Waals surface area contributed by atoms with Crippen LogP contribution in [0.3, 0.4) is 0 Å². The number of carbonyl (C=O) groups excluding carboxylic acids is 1. The number of esters is 1. The molecule has 8 heteroatoms. The van der Waals surface area contributed by atoms with Crippen LogP contribution >= 0.6 is 22.6 Å². The highest BCUT2D eigenvalue weighted by Gasteiger charge is 2.32. The molecule has 1 aliphatic rings. The Bertz CT molecular complexity index is 623. The standard InChI is InChI=1S/C18H26IN3O4/c1-2-26-16(24)10-14-4-3-9-22(17(14)19)11-15(23)12-5-7-13(8-6-12)18(20)21-25/h5-8,14-15,17,23,25H,2-4,9-11H2,1H3,(H2,20,21). The molecule has 3 unspecified atom stereocenters. The maximum Gasteiger partial charge on any atom is 0.306 e. The van der Waals surface area contributed by atoms with E-state index in [1.54, 1.807) is 24.3 Å². The lowest BCUT2D eigenvalue weighted by molar-refractivity contribution is -0.144. The summed E-state index contributed by atoms with van der Waals surface area (Å²) in [6.45, 7) is 3.61. The molecule has 0 saturated carbocycles. The first-order valence-corrected chi connectivity index (χ1v) is 10.0. The number of aliphatic hydroxyl groups is 1. The molecule has 0 radical (unpaired) electrons. The topological polar surface area (TPSA) is 108 Å². The van der Waals surface area contributed by atoms with Crippen molar-refractivity contribution in [2.45, 2.75) is 36.3 Å². The van der Waals surface area contributed by atoms with Crippen molar-refractivity contribution < 1.29 is 19.8 Å². The van der Waals surface area contributed by atoms with Crippen molar-refractivity contribution in [3.05, 3.63) is 35.4 Å². The van der Waals surface area contributed by atoms with E-state index >= 15 is 0 Å². The van der Waals surface area contributed by atoms with Gasteiger partial charge in [-0.3, -0.25) is 9.69 Å². The third-order valence-electron chi connectivity index (χ3n) is 4.60. The van der Waals surface area contributed by atoms with Crippen LogP contribution in [0.5, 0.6) is 0 Å². The van der Waals surface area contributed by atoms with E-state index in [0.717, 1.165) is 24.9 Å². The highest BCUT2D eigenvalue weighted by Crippen LogP contribution is 2.32. The third kappa shape index (κ3) is 5.55. The van der Waals surface area contributed by atoms with E-state index in [9.17, 15) is 9.90 Å². The number of amidine groups is 1. The second kappa shape index (κ2) is 10.1. The van der Waals surface area contributed by atoms with Crippen LogP contribution in [0.1, 0.15) is 43.4 Å². The summed E-state index contributed by atoms with van der Waals surface area (Å²) >= 11 is 2.36. The number of aliphatic hydroxyl groups excluding tert-OH is 1. The number of carbonyl (C=O) groups is 1. The molecule has 7 nitrogen and oxygen atoms in total. The molecule has 0 bridgehead atoms. The Morgan fingerprint density at radius 3 is 2.77 bits per heavy atom. The Kier molecular flexibility index (Phi) is 8.11. The van der Waals surface area contributed by atoms with Gasteiger partial charge in [0.15, 0.2) is 5.84 Å². The van der Waals surface area contributed by atoms with Crippen molar-refractivity contribution in [1.29, 1.82) is 0 Å². The molecule has 0 aromatic heterocycles. The van der Waals surface area contributed by atoms with Crippen LogP contribution < -0.4 is 5.73 Å². The van der Waals surface area contributed by atoms with Crippen molar-refractivity contribution in [3.8, 4) is 0 Å². The second-order valence-corrected chi connectivity index (χ2v) is 7.68. The number of benzene rings is 1. The second-order valence-electron chi connectivity index (χ2n) is 6.40. The first kappa shape index (κ1) is 20.9. The van der Waals surface area contributed by atoms with Crippen LogP contribution in [0.25, 0.3) is 0 Å². The van der Waals surface area contributed by atoms with E-state index in [2.05, 4.69) is 32.6 Å². The maximum atomic E-state index is 11.8. The van der Waals surface area contributed by atoms with Gasteiger partial charge in [0.05, 0.1) is 23.2 Å². The molecule has 26 heavy (non-hydrogen) atoms. The number of halogens is 1. The molecule has 1 saturated heterocycles. The number of nitrogens with zero attached hydrogens (tertiary/aromatic N) is 2. The smallest absolute Gasteiger partial charge is 0.306 e. The summed E-state index contributed by atoms with van der Waals surface area (Å²) in [5, 5.41) is 22.3. The highest BCUT2D eigenvalue weighted by molar-refractivity contribution is 14.1. The van der Waals surface area contributed by atoms with Gasteiger partial charge >= 0.3 is 5.97 Å². The van der Waals surface area contributed by atoms with Gasteiger partial charge < -0.3 is 20.8 Å². The van der Waals surface area contributed by atoms with E-state index < -0.39 is 6.10 Å². The number of hydrogen-bond donors (Lipinski definition) is 3. The average molecular weight is 475 g/mol. The minimum Gasteiger partial charge on any atom is -0.466 e. The zero-order valence-corrected chi connectivity index (χ0v) is 17.0. The van der Waals surface area contributed by atoms with Crippen LogP contribution in [-0.2, 0) is 9.53 Å². The highest BCUT2D eigenvalue weighted by atomic mass is 127. The summed E-state index contributed by atoms with van der Waals surface area (Å²) in [6, 6.07) is 6.99. The molecule has 0 aliphatic carbocycles. The molecule has 0 spiro atoms. The largest absolute Gasteiger partial charge is 0.466 e. The van der Waals surface area contributed by atoms with Gasteiger partial charge in [0, 0.05) is 12.1 Å².